The first-order chi connectivity index (χ1) is 9.95. The molecule has 0 aliphatic carbocycles. The largest absolute Gasteiger partial charge is 0.329 e. The fourth-order valence-electron chi connectivity index (χ4n) is 2.26. The Hall–Kier alpha value is -1.55. The van der Waals surface area contributed by atoms with Crippen LogP contribution in [0.1, 0.15) is 0 Å². The molecule has 0 amide bonds. The third-order valence-corrected chi connectivity index (χ3v) is 5.37. The maximum absolute atomic E-state index is 12.4. The zero-order valence-electron chi connectivity index (χ0n) is 11.5. The Morgan fingerprint density at radius 2 is 1.71 bits per heavy atom. The summed E-state index contributed by atoms with van der Waals surface area (Å²) in [7, 11) is -3.59. The van der Waals surface area contributed by atoms with Gasteiger partial charge in [-0.15, -0.1) is 0 Å². The van der Waals surface area contributed by atoms with E-state index >= 15 is 0 Å². The molecule has 0 atom stereocenters. The first kappa shape index (κ1) is 15.8. The summed E-state index contributed by atoms with van der Waals surface area (Å²) in [6, 6.07) is 4.97. The second kappa shape index (κ2) is 6.48. The molecule has 9 heteroatoms. The van der Waals surface area contributed by atoms with E-state index in [0.29, 0.717) is 32.7 Å². The van der Waals surface area contributed by atoms with Gasteiger partial charge in [-0.3, -0.25) is 15.0 Å². The Labute approximate surface area is 123 Å². The van der Waals surface area contributed by atoms with Gasteiger partial charge in [-0.05, 0) is 12.1 Å². The fourth-order valence-corrected chi connectivity index (χ4v) is 3.69. The molecule has 2 rings (SSSR count). The van der Waals surface area contributed by atoms with Gasteiger partial charge in [0, 0.05) is 51.4 Å². The Balaban J connectivity index is 2.10. The van der Waals surface area contributed by atoms with E-state index in [0.717, 1.165) is 6.54 Å². The van der Waals surface area contributed by atoms with Crippen LogP contribution < -0.4 is 5.73 Å². The zero-order valence-corrected chi connectivity index (χ0v) is 12.3. The molecule has 1 aromatic rings. The summed E-state index contributed by atoms with van der Waals surface area (Å²) in [6.45, 7) is 3.39. The van der Waals surface area contributed by atoms with Gasteiger partial charge in [0.25, 0.3) is 5.69 Å². The summed E-state index contributed by atoms with van der Waals surface area (Å²) in [5.74, 6) is 0. The van der Waals surface area contributed by atoms with Crippen LogP contribution in [-0.4, -0.2) is 61.8 Å². The maximum atomic E-state index is 12.4. The Morgan fingerprint density at radius 1 is 1.14 bits per heavy atom. The molecule has 0 aromatic heterocycles. The lowest BCUT2D eigenvalue weighted by Gasteiger charge is -2.33. The van der Waals surface area contributed by atoms with Gasteiger partial charge in [0.05, 0.1) is 9.82 Å². The lowest BCUT2D eigenvalue weighted by atomic mass is 10.3. The van der Waals surface area contributed by atoms with Crippen LogP contribution >= 0.6 is 0 Å². The molecule has 116 valence electrons. The van der Waals surface area contributed by atoms with E-state index in [1.54, 1.807) is 0 Å². The van der Waals surface area contributed by atoms with E-state index in [9.17, 15) is 18.5 Å². The van der Waals surface area contributed by atoms with Crippen LogP contribution in [0.5, 0.6) is 0 Å². The molecular weight excluding hydrogens is 296 g/mol. The van der Waals surface area contributed by atoms with Crippen LogP contribution in [0, 0.1) is 10.1 Å². The van der Waals surface area contributed by atoms with E-state index in [-0.39, 0.29) is 10.6 Å². The van der Waals surface area contributed by atoms with Crippen molar-refractivity contribution in [3.8, 4) is 0 Å². The molecular formula is C12H18N4O4S. The quantitative estimate of drug-likeness (QED) is 0.598. The van der Waals surface area contributed by atoms with Crippen LogP contribution in [-0.2, 0) is 10.0 Å². The van der Waals surface area contributed by atoms with Crippen molar-refractivity contribution >= 4 is 15.7 Å². The number of rotatable bonds is 5. The summed E-state index contributed by atoms with van der Waals surface area (Å²) in [4.78, 5) is 12.2. The number of piperazine rings is 1. The smallest absolute Gasteiger partial charge is 0.269 e. The maximum Gasteiger partial charge on any atom is 0.269 e. The lowest BCUT2D eigenvalue weighted by Crippen LogP contribution is -2.49. The molecule has 8 nitrogen and oxygen atoms in total. The number of nitro groups is 1. The summed E-state index contributed by atoms with van der Waals surface area (Å²) in [6.07, 6.45) is 0. The predicted molar refractivity (Wildman–Crippen MR) is 77.3 cm³/mol. The first-order valence-electron chi connectivity index (χ1n) is 6.62. The van der Waals surface area contributed by atoms with Crippen molar-refractivity contribution in [2.75, 3.05) is 39.3 Å². The molecule has 0 saturated carbocycles. The molecule has 0 radical (unpaired) electrons. The Kier molecular flexibility index (Phi) is 4.88. The monoisotopic (exact) mass is 314 g/mol. The third kappa shape index (κ3) is 3.56. The highest BCUT2D eigenvalue weighted by molar-refractivity contribution is 7.89. The van der Waals surface area contributed by atoms with Gasteiger partial charge in [-0.25, -0.2) is 8.42 Å². The number of nitrogens with two attached hydrogens (primary N) is 1. The molecule has 1 aliphatic heterocycles. The van der Waals surface area contributed by atoms with Crippen molar-refractivity contribution < 1.29 is 13.3 Å². The van der Waals surface area contributed by atoms with Crippen molar-refractivity contribution in [3.05, 3.63) is 34.4 Å². The molecule has 1 aromatic carbocycles. The van der Waals surface area contributed by atoms with Gasteiger partial charge in [-0.1, -0.05) is 0 Å². The molecule has 1 fully saturated rings. The average Bonchev–Trinajstić information content (AvgIpc) is 2.48. The molecule has 1 aliphatic rings. The molecule has 2 N–H and O–H groups in total. The predicted octanol–water partition coefficient (Wildman–Crippen LogP) is -0.140. The van der Waals surface area contributed by atoms with Gasteiger partial charge in [0.15, 0.2) is 0 Å². The number of hydrogen-bond acceptors (Lipinski definition) is 6. The van der Waals surface area contributed by atoms with Crippen LogP contribution in [0.4, 0.5) is 5.69 Å². The highest BCUT2D eigenvalue weighted by Gasteiger charge is 2.28. The number of nitro benzene ring substituents is 1. The molecule has 1 saturated heterocycles. The van der Waals surface area contributed by atoms with Crippen molar-refractivity contribution in [3.63, 3.8) is 0 Å². The molecule has 0 unspecified atom stereocenters. The lowest BCUT2D eigenvalue weighted by molar-refractivity contribution is -0.384. The van der Waals surface area contributed by atoms with Gasteiger partial charge in [-0.2, -0.15) is 4.31 Å². The second-order valence-corrected chi connectivity index (χ2v) is 6.72. The summed E-state index contributed by atoms with van der Waals surface area (Å²) in [5, 5.41) is 10.6. The first-order valence-corrected chi connectivity index (χ1v) is 8.06. The van der Waals surface area contributed by atoms with Gasteiger partial charge >= 0.3 is 0 Å². The number of non-ortho nitro benzene ring substituents is 1. The topological polar surface area (TPSA) is 110 Å². The summed E-state index contributed by atoms with van der Waals surface area (Å²) >= 11 is 0. The van der Waals surface area contributed by atoms with Gasteiger partial charge < -0.3 is 5.73 Å². The SMILES string of the molecule is NCCN1CCN(S(=O)(=O)c2ccc([N+](=O)[O-])cc2)CC1. The summed E-state index contributed by atoms with van der Waals surface area (Å²) in [5.41, 5.74) is 5.36. The Morgan fingerprint density at radius 3 is 2.19 bits per heavy atom. The van der Waals surface area contributed by atoms with Crippen LogP contribution in [0.3, 0.4) is 0 Å². The highest BCUT2D eigenvalue weighted by Crippen LogP contribution is 2.20. The minimum atomic E-state index is -3.59. The van der Waals surface area contributed by atoms with E-state index in [2.05, 4.69) is 4.90 Å². The van der Waals surface area contributed by atoms with Gasteiger partial charge in [0.1, 0.15) is 0 Å². The number of benzene rings is 1. The standard InChI is InChI=1S/C12H18N4O4S/c13-5-6-14-7-9-15(10-8-14)21(19,20)12-3-1-11(2-4-12)16(17)18/h1-4H,5-10,13H2. The molecule has 21 heavy (non-hydrogen) atoms. The van der Waals surface area contributed by atoms with Crippen molar-refractivity contribution in [2.45, 2.75) is 4.90 Å². The van der Waals surface area contributed by atoms with Crippen molar-refractivity contribution in [1.29, 1.82) is 0 Å². The normalized spacial score (nSPS) is 17.8. The van der Waals surface area contributed by atoms with Gasteiger partial charge in [0.2, 0.25) is 10.0 Å². The zero-order chi connectivity index (χ0) is 15.5. The number of nitrogens with zero attached hydrogens (tertiary/aromatic N) is 3. The van der Waals surface area contributed by atoms with E-state index in [4.69, 9.17) is 5.73 Å². The fraction of sp³-hybridized carbons (Fsp3) is 0.500. The van der Waals surface area contributed by atoms with E-state index < -0.39 is 14.9 Å². The minimum absolute atomic E-state index is 0.0837. The van der Waals surface area contributed by atoms with E-state index in [1.807, 2.05) is 0 Å². The summed E-state index contributed by atoms with van der Waals surface area (Å²) < 4.78 is 26.3. The van der Waals surface area contributed by atoms with Crippen molar-refractivity contribution in [1.82, 2.24) is 9.21 Å². The van der Waals surface area contributed by atoms with Crippen LogP contribution in [0.25, 0.3) is 0 Å². The highest BCUT2D eigenvalue weighted by atomic mass is 32.2. The van der Waals surface area contributed by atoms with Crippen molar-refractivity contribution in [2.24, 2.45) is 5.73 Å². The number of hydrogen-bond donors (Lipinski definition) is 1. The molecule has 0 bridgehead atoms. The third-order valence-electron chi connectivity index (χ3n) is 3.46. The molecule has 0 spiro atoms. The van der Waals surface area contributed by atoms with E-state index in [1.165, 1.54) is 28.6 Å². The second-order valence-electron chi connectivity index (χ2n) is 4.79. The molecule has 1 heterocycles. The van der Waals surface area contributed by atoms with Crippen LogP contribution in [0.15, 0.2) is 29.2 Å². The average molecular weight is 314 g/mol. The Bertz CT molecular complexity index is 594. The van der Waals surface area contributed by atoms with Crippen LogP contribution in [0.2, 0.25) is 0 Å². The minimum Gasteiger partial charge on any atom is -0.329 e. The number of sulfonamides is 1.